The van der Waals surface area contributed by atoms with Gasteiger partial charge in [-0.25, -0.2) is 4.79 Å². The van der Waals surface area contributed by atoms with Gasteiger partial charge in [-0.3, -0.25) is 4.79 Å². The molecule has 0 aromatic heterocycles. The molecule has 1 aliphatic rings. The van der Waals surface area contributed by atoms with Gasteiger partial charge in [0.2, 0.25) is 0 Å². The fourth-order valence-electron chi connectivity index (χ4n) is 2.56. The van der Waals surface area contributed by atoms with E-state index in [1.54, 1.807) is 0 Å². The van der Waals surface area contributed by atoms with Crippen LogP contribution in [0.1, 0.15) is 64.7 Å². The number of aliphatic carboxylic acids is 1. The number of urea groups is 1. The largest absolute Gasteiger partial charge is 0.481 e. The first-order valence-corrected chi connectivity index (χ1v) is 7.42. The van der Waals surface area contributed by atoms with Crippen molar-refractivity contribution in [3.05, 3.63) is 0 Å². The van der Waals surface area contributed by atoms with Gasteiger partial charge in [0.25, 0.3) is 0 Å². The molecule has 0 aromatic rings. The molecule has 5 nitrogen and oxygen atoms in total. The second-order valence-electron chi connectivity index (χ2n) is 5.32. The average Bonchev–Trinajstić information content (AvgIpc) is 2.69. The van der Waals surface area contributed by atoms with Crippen molar-refractivity contribution in [1.29, 1.82) is 0 Å². The number of carbonyl (C=O) groups is 2. The van der Waals surface area contributed by atoms with Crippen LogP contribution < -0.4 is 10.6 Å². The molecule has 110 valence electrons. The standard InChI is InChI=1S/C14H26N2O3/c1-2-3-5-8-11-12(16-14(19)15-11)9-6-4-7-10-13(17)18/h11-12H,2-10H2,1H3,(H,17,18)(H2,15,16,19)/t11-,12+/m1/s1. The molecule has 3 N–H and O–H groups in total. The molecular formula is C14H26N2O3. The summed E-state index contributed by atoms with van der Waals surface area (Å²) >= 11 is 0. The minimum absolute atomic E-state index is 0.0583. The summed E-state index contributed by atoms with van der Waals surface area (Å²) in [6.07, 6.45) is 8.38. The summed E-state index contributed by atoms with van der Waals surface area (Å²) in [4.78, 5) is 21.8. The van der Waals surface area contributed by atoms with Crippen molar-refractivity contribution < 1.29 is 14.7 Å². The Bertz CT molecular complexity index is 294. The molecule has 5 heteroatoms. The molecular weight excluding hydrogens is 244 g/mol. The first-order valence-electron chi connectivity index (χ1n) is 7.42. The molecule has 1 aliphatic heterocycles. The molecule has 1 heterocycles. The fraction of sp³-hybridized carbons (Fsp3) is 0.857. The van der Waals surface area contributed by atoms with Crippen molar-refractivity contribution in [2.45, 2.75) is 76.8 Å². The number of carbonyl (C=O) groups excluding carboxylic acids is 1. The van der Waals surface area contributed by atoms with E-state index in [1.807, 2.05) is 0 Å². The molecule has 0 radical (unpaired) electrons. The van der Waals surface area contributed by atoms with Crippen molar-refractivity contribution in [3.8, 4) is 0 Å². The van der Waals surface area contributed by atoms with Crippen molar-refractivity contribution in [2.24, 2.45) is 0 Å². The van der Waals surface area contributed by atoms with E-state index >= 15 is 0 Å². The second kappa shape index (κ2) is 8.77. The van der Waals surface area contributed by atoms with Crippen LogP contribution in [0, 0.1) is 0 Å². The Morgan fingerprint density at radius 1 is 1.05 bits per heavy atom. The monoisotopic (exact) mass is 270 g/mol. The van der Waals surface area contributed by atoms with Gasteiger partial charge in [-0.05, 0) is 19.3 Å². The smallest absolute Gasteiger partial charge is 0.315 e. The minimum atomic E-state index is -0.728. The van der Waals surface area contributed by atoms with Crippen LogP contribution in [0.15, 0.2) is 0 Å². The maximum Gasteiger partial charge on any atom is 0.315 e. The summed E-state index contributed by atoms with van der Waals surface area (Å²) in [5.74, 6) is -0.728. The number of rotatable bonds is 10. The summed E-state index contributed by atoms with van der Waals surface area (Å²) < 4.78 is 0. The van der Waals surface area contributed by atoms with E-state index in [9.17, 15) is 9.59 Å². The minimum Gasteiger partial charge on any atom is -0.481 e. The van der Waals surface area contributed by atoms with Crippen molar-refractivity contribution >= 4 is 12.0 Å². The molecule has 1 rings (SSSR count). The zero-order valence-electron chi connectivity index (χ0n) is 11.8. The van der Waals surface area contributed by atoms with Gasteiger partial charge in [-0.2, -0.15) is 0 Å². The predicted molar refractivity (Wildman–Crippen MR) is 74.1 cm³/mol. The van der Waals surface area contributed by atoms with E-state index in [0.29, 0.717) is 0 Å². The third kappa shape index (κ3) is 6.45. The van der Waals surface area contributed by atoms with Crippen LogP contribution in [-0.4, -0.2) is 29.2 Å². The van der Waals surface area contributed by atoms with E-state index in [-0.39, 0.29) is 24.5 Å². The average molecular weight is 270 g/mol. The van der Waals surface area contributed by atoms with E-state index < -0.39 is 5.97 Å². The normalized spacial score (nSPS) is 22.1. The molecule has 2 amide bonds. The highest BCUT2D eigenvalue weighted by Crippen LogP contribution is 2.16. The van der Waals surface area contributed by atoms with Gasteiger partial charge in [0.05, 0.1) is 12.1 Å². The lowest BCUT2D eigenvalue weighted by atomic mass is 9.97. The highest BCUT2D eigenvalue weighted by molar-refractivity contribution is 5.77. The van der Waals surface area contributed by atoms with Gasteiger partial charge in [-0.1, -0.05) is 39.0 Å². The van der Waals surface area contributed by atoms with Crippen LogP contribution in [-0.2, 0) is 4.79 Å². The molecule has 0 spiro atoms. The first kappa shape index (κ1) is 15.8. The maximum absolute atomic E-state index is 11.4. The summed E-state index contributed by atoms with van der Waals surface area (Å²) in [5.41, 5.74) is 0. The Kier molecular flexibility index (Phi) is 7.30. The summed E-state index contributed by atoms with van der Waals surface area (Å²) in [5, 5.41) is 14.5. The van der Waals surface area contributed by atoms with E-state index in [2.05, 4.69) is 17.6 Å². The zero-order valence-corrected chi connectivity index (χ0v) is 11.8. The van der Waals surface area contributed by atoms with Gasteiger partial charge in [0.15, 0.2) is 0 Å². The third-order valence-electron chi connectivity index (χ3n) is 3.64. The van der Waals surface area contributed by atoms with Crippen LogP contribution in [0.4, 0.5) is 4.79 Å². The number of carboxylic acids is 1. The topological polar surface area (TPSA) is 78.4 Å². The predicted octanol–water partition coefficient (Wildman–Crippen LogP) is 2.65. The van der Waals surface area contributed by atoms with Crippen molar-refractivity contribution in [3.63, 3.8) is 0 Å². The number of hydrogen-bond donors (Lipinski definition) is 3. The van der Waals surface area contributed by atoms with Crippen LogP contribution in [0.2, 0.25) is 0 Å². The van der Waals surface area contributed by atoms with E-state index in [1.165, 1.54) is 12.8 Å². The van der Waals surface area contributed by atoms with E-state index in [0.717, 1.165) is 38.5 Å². The number of amides is 2. The molecule has 1 fully saturated rings. The Morgan fingerprint density at radius 3 is 2.16 bits per heavy atom. The van der Waals surface area contributed by atoms with Gasteiger partial charge >= 0.3 is 12.0 Å². The van der Waals surface area contributed by atoms with Crippen molar-refractivity contribution in [1.82, 2.24) is 10.6 Å². The fourth-order valence-corrected chi connectivity index (χ4v) is 2.56. The lowest BCUT2D eigenvalue weighted by Crippen LogP contribution is -2.33. The summed E-state index contributed by atoms with van der Waals surface area (Å²) in [7, 11) is 0. The SMILES string of the molecule is CCCCC[C@H]1NC(=O)N[C@H]1CCCCCC(=O)O. The maximum atomic E-state index is 11.4. The lowest BCUT2D eigenvalue weighted by molar-refractivity contribution is -0.137. The molecule has 0 unspecified atom stereocenters. The quantitative estimate of drug-likeness (QED) is 0.534. The Hall–Kier alpha value is -1.26. The molecule has 1 saturated heterocycles. The van der Waals surface area contributed by atoms with E-state index in [4.69, 9.17) is 5.11 Å². The highest BCUT2D eigenvalue weighted by Gasteiger charge is 2.30. The van der Waals surface area contributed by atoms with Crippen molar-refractivity contribution in [2.75, 3.05) is 0 Å². The number of hydrogen-bond acceptors (Lipinski definition) is 2. The second-order valence-corrected chi connectivity index (χ2v) is 5.32. The summed E-state index contributed by atoms with van der Waals surface area (Å²) in [6, 6.07) is 0.407. The number of carboxylic acid groups (broad SMARTS) is 1. The highest BCUT2D eigenvalue weighted by atomic mass is 16.4. The molecule has 19 heavy (non-hydrogen) atoms. The molecule has 0 saturated carbocycles. The zero-order chi connectivity index (χ0) is 14.1. The third-order valence-corrected chi connectivity index (χ3v) is 3.64. The number of unbranched alkanes of at least 4 members (excludes halogenated alkanes) is 4. The van der Waals surface area contributed by atoms with Crippen LogP contribution in [0.3, 0.4) is 0 Å². The first-order chi connectivity index (χ1) is 9.13. The van der Waals surface area contributed by atoms with Crippen LogP contribution >= 0.6 is 0 Å². The number of nitrogens with one attached hydrogen (secondary N) is 2. The summed E-state index contributed by atoms with van der Waals surface area (Å²) in [6.45, 7) is 2.17. The molecule has 2 atom stereocenters. The van der Waals surface area contributed by atoms with Gasteiger partial charge in [0, 0.05) is 6.42 Å². The Labute approximate surface area is 115 Å². The Balaban J connectivity index is 2.18. The molecule has 0 aromatic carbocycles. The van der Waals surface area contributed by atoms with Crippen LogP contribution in [0.5, 0.6) is 0 Å². The lowest BCUT2D eigenvalue weighted by Gasteiger charge is -2.18. The molecule has 0 aliphatic carbocycles. The van der Waals surface area contributed by atoms with Crippen LogP contribution in [0.25, 0.3) is 0 Å². The Morgan fingerprint density at radius 2 is 1.63 bits per heavy atom. The molecule has 0 bridgehead atoms. The van der Waals surface area contributed by atoms with Gasteiger partial charge in [-0.15, -0.1) is 0 Å². The van der Waals surface area contributed by atoms with Gasteiger partial charge < -0.3 is 15.7 Å². The van der Waals surface area contributed by atoms with Gasteiger partial charge in [0.1, 0.15) is 0 Å².